The number of pyridine rings is 1. The van der Waals surface area contributed by atoms with Crippen LogP contribution < -0.4 is 5.32 Å². The molecule has 0 aromatic carbocycles. The summed E-state index contributed by atoms with van der Waals surface area (Å²) in [6.07, 6.45) is 1.99. The standard InChI is InChI=1S/C15H16N4OS/c1-7-6-8(2)16-15-10(7)11-12(21-15)13(18-19(11)3)17-14(20)9-4-5-9/h6,9H,4-5H2,1-3H3,(H,17,18,20). The second kappa shape index (κ2) is 4.27. The summed E-state index contributed by atoms with van der Waals surface area (Å²) in [5, 5.41) is 8.60. The van der Waals surface area contributed by atoms with E-state index in [0.29, 0.717) is 5.82 Å². The lowest BCUT2D eigenvalue weighted by molar-refractivity contribution is -0.117. The fourth-order valence-corrected chi connectivity index (χ4v) is 4.05. The number of rotatable bonds is 2. The van der Waals surface area contributed by atoms with E-state index in [-0.39, 0.29) is 11.8 Å². The SMILES string of the molecule is Cc1cc(C)c2c(n1)sc1c(NC(=O)C3CC3)nn(C)c12. The van der Waals surface area contributed by atoms with Gasteiger partial charge in [0.05, 0.1) is 10.2 Å². The van der Waals surface area contributed by atoms with Crippen LogP contribution in [0.15, 0.2) is 6.07 Å². The van der Waals surface area contributed by atoms with Gasteiger partial charge in [-0.25, -0.2) is 4.98 Å². The predicted octanol–water partition coefficient (Wildman–Crippen LogP) is 3.15. The fourth-order valence-electron chi connectivity index (χ4n) is 2.78. The molecule has 1 aliphatic carbocycles. The Kier molecular flexibility index (Phi) is 2.60. The number of hydrogen-bond acceptors (Lipinski definition) is 4. The molecule has 108 valence electrons. The normalized spacial score (nSPS) is 15.0. The third kappa shape index (κ3) is 1.93. The Balaban J connectivity index is 1.93. The molecule has 6 heteroatoms. The minimum absolute atomic E-state index is 0.0910. The number of thiophene rings is 1. The van der Waals surface area contributed by atoms with Gasteiger partial charge in [0, 0.05) is 24.0 Å². The molecule has 0 aliphatic heterocycles. The van der Waals surface area contributed by atoms with E-state index in [2.05, 4.69) is 28.4 Å². The van der Waals surface area contributed by atoms with Gasteiger partial charge in [-0.2, -0.15) is 5.10 Å². The number of aromatic nitrogens is 3. The van der Waals surface area contributed by atoms with E-state index >= 15 is 0 Å². The van der Waals surface area contributed by atoms with E-state index in [0.717, 1.165) is 39.0 Å². The first kappa shape index (κ1) is 12.8. The molecule has 0 radical (unpaired) electrons. The van der Waals surface area contributed by atoms with Gasteiger partial charge in [0.25, 0.3) is 0 Å². The maximum Gasteiger partial charge on any atom is 0.228 e. The van der Waals surface area contributed by atoms with Gasteiger partial charge in [0.1, 0.15) is 4.83 Å². The van der Waals surface area contributed by atoms with Crippen molar-refractivity contribution in [3.63, 3.8) is 0 Å². The van der Waals surface area contributed by atoms with Crippen molar-refractivity contribution in [3.05, 3.63) is 17.3 Å². The van der Waals surface area contributed by atoms with Crippen molar-refractivity contribution in [2.75, 3.05) is 5.32 Å². The van der Waals surface area contributed by atoms with Gasteiger partial charge in [0.15, 0.2) is 5.82 Å². The third-order valence-electron chi connectivity index (χ3n) is 3.94. The van der Waals surface area contributed by atoms with Crippen LogP contribution in [0.1, 0.15) is 24.1 Å². The van der Waals surface area contributed by atoms with Crippen molar-refractivity contribution in [2.45, 2.75) is 26.7 Å². The van der Waals surface area contributed by atoms with Crippen LogP contribution in [0.5, 0.6) is 0 Å². The Morgan fingerprint density at radius 2 is 2.19 bits per heavy atom. The smallest absolute Gasteiger partial charge is 0.228 e. The van der Waals surface area contributed by atoms with E-state index in [1.165, 1.54) is 5.56 Å². The number of aryl methyl sites for hydroxylation is 3. The summed E-state index contributed by atoms with van der Waals surface area (Å²) in [5.41, 5.74) is 3.28. The van der Waals surface area contributed by atoms with Crippen molar-refractivity contribution in [1.82, 2.24) is 14.8 Å². The second-order valence-corrected chi connectivity index (χ2v) is 6.78. The minimum Gasteiger partial charge on any atom is -0.308 e. The molecule has 3 aromatic rings. The van der Waals surface area contributed by atoms with Crippen molar-refractivity contribution >= 4 is 43.5 Å². The summed E-state index contributed by atoms with van der Waals surface area (Å²) in [5.74, 6) is 0.941. The largest absolute Gasteiger partial charge is 0.308 e. The Morgan fingerprint density at radius 1 is 1.43 bits per heavy atom. The fraction of sp³-hybridized carbons (Fsp3) is 0.400. The topological polar surface area (TPSA) is 59.8 Å². The van der Waals surface area contributed by atoms with E-state index < -0.39 is 0 Å². The van der Waals surface area contributed by atoms with Crippen molar-refractivity contribution in [1.29, 1.82) is 0 Å². The molecule has 1 aliphatic rings. The molecule has 1 fully saturated rings. The number of carbonyl (C=O) groups excluding carboxylic acids is 1. The van der Waals surface area contributed by atoms with Crippen molar-refractivity contribution in [2.24, 2.45) is 13.0 Å². The van der Waals surface area contributed by atoms with Gasteiger partial charge in [-0.15, -0.1) is 11.3 Å². The van der Waals surface area contributed by atoms with Crippen molar-refractivity contribution < 1.29 is 4.79 Å². The zero-order valence-corrected chi connectivity index (χ0v) is 13.0. The van der Waals surface area contributed by atoms with Gasteiger partial charge >= 0.3 is 0 Å². The molecule has 0 bridgehead atoms. The first-order valence-electron chi connectivity index (χ1n) is 7.09. The molecule has 3 aromatic heterocycles. The molecule has 1 amide bonds. The maximum absolute atomic E-state index is 12.0. The molecule has 0 saturated heterocycles. The van der Waals surface area contributed by atoms with Crippen LogP contribution in [0, 0.1) is 19.8 Å². The zero-order valence-electron chi connectivity index (χ0n) is 12.2. The molecule has 0 atom stereocenters. The van der Waals surface area contributed by atoms with Gasteiger partial charge in [0.2, 0.25) is 5.91 Å². The number of anilines is 1. The lowest BCUT2D eigenvalue weighted by Crippen LogP contribution is -2.13. The highest BCUT2D eigenvalue weighted by molar-refractivity contribution is 7.26. The van der Waals surface area contributed by atoms with Crippen LogP contribution in [0.25, 0.3) is 20.4 Å². The molecule has 4 rings (SSSR count). The Bertz CT molecular complexity index is 888. The summed E-state index contributed by atoms with van der Waals surface area (Å²) < 4.78 is 2.86. The van der Waals surface area contributed by atoms with Gasteiger partial charge in [-0.1, -0.05) is 0 Å². The Morgan fingerprint density at radius 3 is 2.90 bits per heavy atom. The number of carbonyl (C=O) groups is 1. The first-order valence-corrected chi connectivity index (χ1v) is 7.90. The third-order valence-corrected chi connectivity index (χ3v) is 5.02. The average molecular weight is 300 g/mol. The average Bonchev–Trinajstić information content (AvgIpc) is 3.12. The van der Waals surface area contributed by atoms with Gasteiger partial charge in [-0.3, -0.25) is 9.48 Å². The molecule has 1 saturated carbocycles. The van der Waals surface area contributed by atoms with E-state index in [1.54, 1.807) is 11.3 Å². The predicted molar refractivity (Wildman–Crippen MR) is 84.7 cm³/mol. The molecule has 1 N–H and O–H groups in total. The van der Waals surface area contributed by atoms with Crippen LogP contribution in [0.2, 0.25) is 0 Å². The number of nitrogens with one attached hydrogen (secondary N) is 1. The molecular formula is C15H16N4OS. The number of amides is 1. The summed E-state index contributed by atoms with van der Waals surface area (Å²) in [6.45, 7) is 4.10. The molecule has 3 heterocycles. The van der Waals surface area contributed by atoms with E-state index in [1.807, 2.05) is 18.7 Å². The minimum atomic E-state index is 0.0910. The highest BCUT2D eigenvalue weighted by Gasteiger charge is 2.31. The lowest BCUT2D eigenvalue weighted by atomic mass is 10.1. The molecule has 0 unspecified atom stereocenters. The lowest BCUT2D eigenvalue weighted by Gasteiger charge is -2.00. The molecule has 5 nitrogen and oxygen atoms in total. The second-order valence-electron chi connectivity index (χ2n) is 5.78. The summed E-state index contributed by atoms with van der Waals surface area (Å²) in [6, 6.07) is 2.09. The number of nitrogens with zero attached hydrogens (tertiary/aromatic N) is 3. The van der Waals surface area contributed by atoms with E-state index in [4.69, 9.17) is 0 Å². The zero-order chi connectivity index (χ0) is 14.7. The Labute approximate surface area is 126 Å². The molecule has 21 heavy (non-hydrogen) atoms. The van der Waals surface area contributed by atoms with Gasteiger partial charge < -0.3 is 5.32 Å². The van der Waals surface area contributed by atoms with Gasteiger partial charge in [-0.05, 0) is 38.3 Å². The summed E-state index contributed by atoms with van der Waals surface area (Å²) >= 11 is 1.60. The first-order chi connectivity index (χ1) is 10.0. The quantitative estimate of drug-likeness (QED) is 0.791. The molecule has 0 spiro atoms. The summed E-state index contributed by atoms with van der Waals surface area (Å²) in [7, 11) is 1.92. The summed E-state index contributed by atoms with van der Waals surface area (Å²) in [4.78, 5) is 17.6. The Hall–Kier alpha value is -1.95. The maximum atomic E-state index is 12.0. The van der Waals surface area contributed by atoms with E-state index in [9.17, 15) is 4.79 Å². The van der Waals surface area contributed by atoms with Crippen LogP contribution in [0.4, 0.5) is 5.82 Å². The number of hydrogen-bond donors (Lipinski definition) is 1. The highest BCUT2D eigenvalue weighted by Crippen LogP contribution is 2.39. The van der Waals surface area contributed by atoms with Crippen LogP contribution in [-0.2, 0) is 11.8 Å². The molecular weight excluding hydrogens is 284 g/mol. The highest BCUT2D eigenvalue weighted by atomic mass is 32.1. The van der Waals surface area contributed by atoms with Crippen LogP contribution in [-0.4, -0.2) is 20.7 Å². The van der Waals surface area contributed by atoms with Crippen LogP contribution in [0.3, 0.4) is 0 Å². The number of fused-ring (bicyclic) bond motifs is 3. The van der Waals surface area contributed by atoms with Crippen molar-refractivity contribution in [3.8, 4) is 0 Å². The monoisotopic (exact) mass is 300 g/mol. The van der Waals surface area contributed by atoms with Crippen LogP contribution >= 0.6 is 11.3 Å².